The van der Waals surface area contributed by atoms with Crippen molar-refractivity contribution in [2.75, 3.05) is 5.75 Å². The highest BCUT2D eigenvalue weighted by atomic mass is 35.5. The molecule has 0 unspecified atom stereocenters. The Morgan fingerprint density at radius 2 is 1.96 bits per heavy atom. The van der Waals surface area contributed by atoms with Crippen LogP contribution in [-0.2, 0) is 6.18 Å². The smallest absolute Gasteiger partial charge is 0.389 e. The first-order valence-corrected chi connectivity index (χ1v) is 8.62. The molecule has 1 N–H and O–H groups in total. The number of aliphatic hydroxyl groups is 1. The molecule has 2 heterocycles. The topological polar surface area (TPSA) is 50.4 Å². The van der Waals surface area contributed by atoms with Crippen molar-refractivity contribution in [2.45, 2.75) is 49.0 Å². The molecule has 0 aromatic carbocycles. The molecule has 4 nitrogen and oxygen atoms in total. The number of hydrogen-bond acceptors (Lipinski definition) is 4. The number of fused-ring (bicyclic) bond motifs is 1. The van der Waals surface area contributed by atoms with Gasteiger partial charge in [0, 0.05) is 11.9 Å². The lowest BCUT2D eigenvalue weighted by Gasteiger charge is -2.31. The van der Waals surface area contributed by atoms with E-state index in [4.69, 9.17) is 11.6 Å². The van der Waals surface area contributed by atoms with E-state index in [1.54, 1.807) is 0 Å². The Morgan fingerprint density at radius 1 is 1.26 bits per heavy atom. The summed E-state index contributed by atoms with van der Waals surface area (Å²) in [5.41, 5.74) is -1.47. The molecule has 2 aromatic heterocycles. The molecule has 0 spiro atoms. The van der Waals surface area contributed by atoms with Gasteiger partial charge in [-0.25, -0.2) is 0 Å². The van der Waals surface area contributed by atoms with E-state index in [0.717, 1.165) is 31.5 Å². The molecule has 0 amide bonds. The summed E-state index contributed by atoms with van der Waals surface area (Å²) in [6.07, 6.45) is 0.867. The van der Waals surface area contributed by atoms with Crippen LogP contribution >= 0.6 is 23.4 Å². The Labute approximate surface area is 140 Å². The molecular weight excluding hydrogens is 351 g/mol. The zero-order valence-electron chi connectivity index (χ0n) is 12.1. The molecule has 126 valence electrons. The third-order valence-electron chi connectivity index (χ3n) is 4.01. The molecule has 0 atom stereocenters. The predicted molar refractivity (Wildman–Crippen MR) is 81.8 cm³/mol. The van der Waals surface area contributed by atoms with Gasteiger partial charge in [0.05, 0.1) is 16.2 Å². The van der Waals surface area contributed by atoms with Crippen molar-refractivity contribution < 1.29 is 18.3 Å². The zero-order valence-corrected chi connectivity index (χ0v) is 13.7. The molecule has 1 saturated carbocycles. The number of alkyl halides is 3. The first-order chi connectivity index (χ1) is 10.8. The van der Waals surface area contributed by atoms with Gasteiger partial charge in [-0.2, -0.15) is 13.2 Å². The highest BCUT2D eigenvalue weighted by molar-refractivity contribution is 7.99. The second-order valence-corrected chi connectivity index (χ2v) is 7.17. The molecule has 3 rings (SSSR count). The molecule has 2 aromatic rings. The monoisotopic (exact) mass is 365 g/mol. The van der Waals surface area contributed by atoms with Crippen LogP contribution in [0.15, 0.2) is 17.4 Å². The van der Waals surface area contributed by atoms with Crippen LogP contribution in [0, 0.1) is 0 Å². The molecule has 0 radical (unpaired) electrons. The molecule has 23 heavy (non-hydrogen) atoms. The lowest BCUT2D eigenvalue weighted by Crippen LogP contribution is -2.34. The first-order valence-electron chi connectivity index (χ1n) is 7.25. The molecule has 0 bridgehead atoms. The summed E-state index contributed by atoms with van der Waals surface area (Å²) in [4.78, 5) is 0. The van der Waals surface area contributed by atoms with Crippen LogP contribution < -0.4 is 0 Å². The molecule has 0 saturated heterocycles. The summed E-state index contributed by atoms with van der Waals surface area (Å²) in [7, 11) is 0. The van der Waals surface area contributed by atoms with Gasteiger partial charge in [0.2, 0.25) is 0 Å². The summed E-state index contributed by atoms with van der Waals surface area (Å²) < 4.78 is 40.0. The van der Waals surface area contributed by atoms with Gasteiger partial charge in [-0.3, -0.25) is 4.40 Å². The van der Waals surface area contributed by atoms with Gasteiger partial charge in [-0.05, 0) is 18.9 Å². The summed E-state index contributed by atoms with van der Waals surface area (Å²) in [5, 5.41) is 18.4. The molecule has 9 heteroatoms. The van der Waals surface area contributed by atoms with Gasteiger partial charge in [-0.15, -0.1) is 10.2 Å². The van der Waals surface area contributed by atoms with E-state index in [0.29, 0.717) is 23.8 Å². The second-order valence-electron chi connectivity index (χ2n) is 5.82. The number of pyridine rings is 1. The van der Waals surface area contributed by atoms with Crippen LogP contribution in [-0.4, -0.2) is 31.1 Å². The van der Waals surface area contributed by atoms with E-state index in [2.05, 4.69) is 10.2 Å². The van der Waals surface area contributed by atoms with Crippen LogP contribution in [0.1, 0.15) is 37.7 Å². The molecular formula is C14H15ClF3N3OS. The Bertz CT molecular complexity index is 713. The average Bonchev–Trinajstić information content (AvgIpc) is 2.89. The standard InChI is InChI=1S/C14H15ClF3N3OS/c15-10-6-9(14(16,17)18)7-21-11(10)19-20-12(21)23-8-13(22)4-2-1-3-5-13/h6-7,22H,1-5,8H2. The van der Waals surface area contributed by atoms with Crippen molar-refractivity contribution in [3.63, 3.8) is 0 Å². The summed E-state index contributed by atoms with van der Waals surface area (Å²) in [6.45, 7) is 0. The zero-order chi connectivity index (χ0) is 16.7. The number of thioether (sulfide) groups is 1. The Hall–Kier alpha value is -0.990. The molecule has 0 aliphatic heterocycles. The lowest BCUT2D eigenvalue weighted by atomic mass is 9.86. The van der Waals surface area contributed by atoms with Crippen molar-refractivity contribution in [2.24, 2.45) is 0 Å². The Balaban J connectivity index is 1.87. The minimum atomic E-state index is -4.49. The van der Waals surface area contributed by atoms with E-state index >= 15 is 0 Å². The Morgan fingerprint density at radius 3 is 2.61 bits per heavy atom. The number of hydrogen-bond donors (Lipinski definition) is 1. The van der Waals surface area contributed by atoms with Gasteiger partial charge < -0.3 is 5.11 Å². The fraction of sp³-hybridized carbons (Fsp3) is 0.571. The SMILES string of the molecule is OC1(CSc2nnc3c(Cl)cc(C(F)(F)F)cn23)CCCCC1. The quantitative estimate of drug-likeness (QED) is 0.829. The van der Waals surface area contributed by atoms with Crippen LogP contribution in [0.2, 0.25) is 5.02 Å². The number of rotatable bonds is 3. The van der Waals surface area contributed by atoms with Crippen molar-refractivity contribution in [3.05, 3.63) is 22.8 Å². The van der Waals surface area contributed by atoms with Crippen molar-refractivity contribution in [1.82, 2.24) is 14.6 Å². The van der Waals surface area contributed by atoms with E-state index in [1.807, 2.05) is 0 Å². The highest BCUT2D eigenvalue weighted by Gasteiger charge is 2.33. The number of halogens is 4. The van der Waals surface area contributed by atoms with Gasteiger partial charge >= 0.3 is 6.18 Å². The van der Waals surface area contributed by atoms with Gasteiger partial charge in [0.25, 0.3) is 0 Å². The third-order valence-corrected chi connectivity index (χ3v) is 5.51. The Kier molecular flexibility index (Phi) is 4.50. The second kappa shape index (κ2) is 6.14. The summed E-state index contributed by atoms with van der Waals surface area (Å²) in [5.74, 6) is 0.377. The van der Waals surface area contributed by atoms with Gasteiger partial charge in [-0.1, -0.05) is 42.6 Å². The van der Waals surface area contributed by atoms with Crippen LogP contribution in [0.25, 0.3) is 5.65 Å². The summed E-state index contributed by atoms with van der Waals surface area (Å²) >= 11 is 7.08. The van der Waals surface area contributed by atoms with Crippen LogP contribution in [0.5, 0.6) is 0 Å². The van der Waals surface area contributed by atoms with Crippen LogP contribution in [0.3, 0.4) is 0 Å². The van der Waals surface area contributed by atoms with E-state index < -0.39 is 17.3 Å². The highest BCUT2D eigenvalue weighted by Crippen LogP contribution is 2.35. The predicted octanol–water partition coefficient (Wildman–Crippen LogP) is 4.19. The van der Waals surface area contributed by atoms with E-state index in [9.17, 15) is 18.3 Å². The number of nitrogens with zero attached hydrogens (tertiary/aromatic N) is 3. The molecule has 1 aliphatic rings. The maximum atomic E-state index is 12.9. The normalized spacial score (nSPS) is 18.5. The maximum absolute atomic E-state index is 12.9. The van der Waals surface area contributed by atoms with Gasteiger partial charge in [0.1, 0.15) is 0 Å². The van der Waals surface area contributed by atoms with Crippen molar-refractivity contribution in [1.29, 1.82) is 0 Å². The van der Waals surface area contributed by atoms with Crippen molar-refractivity contribution in [3.8, 4) is 0 Å². The minimum Gasteiger partial charge on any atom is -0.389 e. The fourth-order valence-corrected chi connectivity index (χ4v) is 4.05. The van der Waals surface area contributed by atoms with E-state index in [-0.39, 0.29) is 10.7 Å². The van der Waals surface area contributed by atoms with E-state index in [1.165, 1.54) is 16.2 Å². The molecule has 1 aliphatic carbocycles. The third kappa shape index (κ3) is 3.59. The van der Waals surface area contributed by atoms with Gasteiger partial charge in [0.15, 0.2) is 10.8 Å². The van der Waals surface area contributed by atoms with Crippen LogP contribution in [0.4, 0.5) is 13.2 Å². The fourth-order valence-electron chi connectivity index (χ4n) is 2.74. The lowest BCUT2D eigenvalue weighted by molar-refractivity contribution is -0.137. The molecule has 1 fully saturated rings. The number of aromatic nitrogens is 3. The van der Waals surface area contributed by atoms with Crippen molar-refractivity contribution >= 4 is 29.0 Å². The maximum Gasteiger partial charge on any atom is 0.417 e. The first kappa shape index (κ1) is 16.9. The minimum absolute atomic E-state index is 0.101. The summed E-state index contributed by atoms with van der Waals surface area (Å²) in [6, 6.07) is 0.842. The average molecular weight is 366 g/mol. The largest absolute Gasteiger partial charge is 0.417 e.